The maximum Gasteiger partial charge on any atom is 0.224 e. The average Bonchev–Trinajstić information content (AvgIpc) is 2.75. The van der Waals surface area contributed by atoms with Crippen LogP contribution in [-0.2, 0) is 13.1 Å². The molecular formula is C18H25N5O. The summed E-state index contributed by atoms with van der Waals surface area (Å²) in [5.74, 6) is 2.62. The molecule has 6 nitrogen and oxygen atoms in total. The van der Waals surface area contributed by atoms with Gasteiger partial charge in [0.15, 0.2) is 0 Å². The first-order valence-electron chi connectivity index (χ1n) is 8.35. The first-order chi connectivity index (χ1) is 11.7. The van der Waals surface area contributed by atoms with Crippen molar-refractivity contribution in [1.82, 2.24) is 14.9 Å². The molecule has 0 radical (unpaired) electrons. The molecule has 1 N–H and O–H groups in total. The van der Waals surface area contributed by atoms with Gasteiger partial charge < -0.3 is 15.0 Å². The monoisotopic (exact) mass is 327 g/mol. The van der Waals surface area contributed by atoms with Gasteiger partial charge in [-0.1, -0.05) is 12.1 Å². The van der Waals surface area contributed by atoms with Crippen LogP contribution in [0.15, 0.2) is 30.5 Å². The van der Waals surface area contributed by atoms with E-state index in [0.717, 1.165) is 44.3 Å². The highest BCUT2D eigenvalue weighted by molar-refractivity contribution is 5.49. The standard InChI is InChI=1S/C18H25N5O/c1-4-19-18-20-11-15-13-23(9-8-22(2)17(15)21-18)12-14-6-5-7-16(10-14)24-3/h5-7,10-11H,4,8-9,12-13H2,1-3H3,(H,19,20,21). The number of rotatable bonds is 5. The third-order valence-corrected chi connectivity index (χ3v) is 4.22. The van der Waals surface area contributed by atoms with Crippen LogP contribution in [0.4, 0.5) is 11.8 Å². The number of fused-ring (bicyclic) bond motifs is 1. The van der Waals surface area contributed by atoms with E-state index in [1.807, 2.05) is 18.3 Å². The van der Waals surface area contributed by atoms with Gasteiger partial charge in [0.25, 0.3) is 0 Å². The molecule has 0 amide bonds. The van der Waals surface area contributed by atoms with Crippen molar-refractivity contribution in [3.63, 3.8) is 0 Å². The molecule has 24 heavy (non-hydrogen) atoms. The fourth-order valence-corrected chi connectivity index (χ4v) is 2.96. The van der Waals surface area contributed by atoms with E-state index in [1.165, 1.54) is 11.1 Å². The Bertz CT molecular complexity index is 691. The highest BCUT2D eigenvalue weighted by atomic mass is 16.5. The molecule has 1 aromatic carbocycles. The van der Waals surface area contributed by atoms with Crippen LogP contribution in [0.1, 0.15) is 18.1 Å². The second-order valence-corrected chi connectivity index (χ2v) is 6.06. The van der Waals surface area contributed by atoms with Crippen LogP contribution < -0.4 is 15.0 Å². The zero-order valence-corrected chi connectivity index (χ0v) is 14.6. The Morgan fingerprint density at radius 1 is 1.29 bits per heavy atom. The maximum atomic E-state index is 5.32. The summed E-state index contributed by atoms with van der Waals surface area (Å²) in [6.45, 7) is 6.54. The number of methoxy groups -OCH3 is 1. The van der Waals surface area contributed by atoms with E-state index in [4.69, 9.17) is 4.74 Å². The lowest BCUT2D eigenvalue weighted by Crippen LogP contribution is -2.29. The van der Waals surface area contributed by atoms with Crippen LogP contribution in [0.25, 0.3) is 0 Å². The number of ether oxygens (including phenoxy) is 1. The molecule has 1 aromatic heterocycles. The first kappa shape index (κ1) is 16.5. The van der Waals surface area contributed by atoms with E-state index in [2.05, 4.69) is 51.2 Å². The number of hydrogen-bond acceptors (Lipinski definition) is 6. The summed E-state index contributed by atoms with van der Waals surface area (Å²) < 4.78 is 5.32. The van der Waals surface area contributed by atoms with Crippen molar-refractivity contribution < 1.29 is 4.74 Å². The van der Waals surface area contributed by atoms with Crippen molar-refractivity contribution in [2.24, 2.45) is 0 Å². The number of nitrogens with one attached hydrogen (secondary N) is 1. The van der Waals surface area contributed by atoms with Crippen molar-refractivity contribution in [2.45, 2.75) is 20.0 Å². The van der Waals surface area contributed by atoms with Crippen molar-refractivity contribution in [3.8, 4) is 5.75 Å². The lowest BCUT2D eigenvalue weighted by Gasteiger charge is -2.20. The van der Waals surface area contributed by atoms with E-state index >= 15 is 0 Å². The minimum absolute atomic E-state index is 0.698. The molecule has 6 heteroatoms. The van der Waals surface area contributed by atoms with Gasteiger partial charge in [0.05, 0.1) is 7.11 Å². The number of benzene rings is 1. The average molecular weight is 327 g/mol. The zero-order valence-electron chi connectivity index (χ0n) is 14.6. The van der Waals surface area contributed by atoms with Gasteiger partial charge in [-0.25, -0.2) is 4.98 Å². The minimum Gasteiger partial charge on any atom is -0.497 e. The van der Waals surface area contributed by atoms with E-state index < -0.39 is 0 Å². The van der Waals surface area contributed by atoms with Crippen LogP contribution in [0, 0.1) is 0 Å². The molecule has 0 fully saturated rings. The molecule has 0 aliphatic carbocycles. The molecular weight excluding hydrogens is 302 g/mol. The van der Waals surface area contributed by atoms with Gasteiger partial charge in [0.2, 0.25) is 5.95 Å². The normalized spacial score (nSPS) is 14.9. The smallest absolute Gasteiger partial charge is 0.224 e. The van der Waals surface area contributed by atoms with E-state index in [9.17, 15) is 0 Å². The summed E-state index contributed by atoms with van der Waals surface area (Å²) in [4.78, 5) is 13.7. The second kappa shape index (κ2) is 7.49. The number of aromatic nitrogens is 2. The number of anilines is 2. The quantitative estimate of drug-likeness (QED) is 0.910. The predicted octanol–water partition coefficient (Wildman–Crippen LogP) is 2.37. The molecule has 0 atom stereocenters. The summed E-state index contributed by atoms with van der Waals surface area (Å²) in [6, 6.07) is 8.26. The van der Waals surface area contributed by atoms with Gasteiger partial charge in [-0.05, 0) is 24.6 Å². The molecule has 0 bridgehead atoms. The van der Waals surface area contributed by atoms with Gasteiger partial charge in [0.1, 0.15) is 11.6 Å². The van der Waals surface area contributed by atoms with Gasteiger partial charge in [-0.2, -0.15) is 4.98 Å². The van der Waals surface area contributed by atoms with Crippen molar-refractivity contribution in [3.05, 3.63) is 41.6 Å². The highest BCUT2D eigenvalue weighted by Crippen LogP contribution is 2.24. The van der Waals surface area contributed by atoms with Crippen LogP contribution in [0.3, 0.4) is 0 Å². The number of nitrogens with zero attached hydrogens (tertiary/aromatic N) is 4. The third-order valence-electron chi connectivity index (χ3n) is 4.22. The summed E-state index contributed by atoms with van der Waals surface area (Å²) in [5, 5.41) is 3.19. The Balaban J connectivity index is 1.78. The van der Waals surface area contributed by atoms with Gasteiger partial charge in [-0.3, -0.25) is 4.90 Å². The second-order valence-electron chi connectivity index (χ2n) is 6.06. The molecule has 1 aliphatic heterocycles. The minimum atomic E-state index is 0.698. The Morgan fingerprint density at radius 3 is 2.96 bits per heavy atom. The van der Waals surface area contributed by atoms with Gasteiger partial charge in [0, 0.05) is 51.5 Å². The number of hydrogen-bond donors (Lipinski definition) is 1. The molecule has 128 valence electrons. The van der Waals surface area contributed by atoms with Gasteiger partial charge in [-0.15, -0.1) is 0 Å². The molecule has 2 aromatic rings. The van der Waals surface area contributed by atoms with E-state index in [-0.39, 0.29) is 0 Å². The van der Waals surface area contributed by atoms with Crippen LogP contribution in [-0.4, -0.2) is 48.7 Å². The summed E-state index contributed by atoms with van der Waals surface area (Å²) in [6.07, 6.45) is 1.95. The molecule has 0 saturated heterocycles. The van der Waals surface area contributed by atoms with Crippen molar-refractivity contribution >= 4 is 11.8 Å². The summed E-state index contributed by atoms with van der Waals surface area (Å²) >= 11 is 0. The number of likely N-dealkylation sites (N-methyl/N-ethyl adjacent to an activating group) is 1. The fourth-order valence-electron chi connectivity index (χ4n) is 2.96. The van der Waals surface area contributed by atoms with Crippen LogP contribution >= 0.6 is 0 Å². The van der Waals surface area contributed by atoms with Crippen LogP contribution in [0.5, 0.6) is 5.75 Å². The molecule has 0 saturated carbocycles. The highest BCUT2D eigenvalue weighted by Gasteiger charge is 2.20. The Morgan fingerprint density at radius 2 is 2.17 bits per heavy atom. The van der Waals surface area contributed by atoms with E-state index in [0.29, 0.717) is 5.95 Å². The van der Waals surface area contributed by atoms with E-state index in [1.54, 1.807) is 7.11 Å². The molecule has 3 rings (SSSR count). The Kier molecular flexibility index (Phi) is 5.15. The third kappa shape index (κ3) is 3.76. The maximum absolute atomic E-state index is 5.32. The fraction of sp³-hybridized carbons (Fsp3) is 0.444. The molecule has 0 unspecified atom stereocenters. The Labute approximate surface area is 143 Å². The summed E-state index contributed by atoms with van der Waals surface area (Å²) in [5.41, 5.74) is 2.42. The lowest BCUT2D eigenvalue weighted by atomic mass is 10.2. The summed E-state index contributed by atoms with van der Waals surface area (Å²) in [7, 11) is 3.80. The molecule has 1 aliphatic rings. The Hall–Kier alpha value is -2.34. The zero-order chi connectivity index (χ0) is 16.9. The first-order valence-corrected chi connectivity index (χ1v) is 8.35. The largest absolute Gasteiger partial charge is 0.497 e. The van der Waals surface area contributed by atoms with Crippen molar-refractivity contribution in [1.29, 1.82) is 0 Å². The van der Waals surface area contributed by atoms with Crippen molar-refractivity contribution in [2.75, 3.05) is 44.0 Å². The topological polar surface area (TPSA) is 53.5 Å². The van der Waals surface area contributed by atoms with Gasteiger partial charge >= 0.3 is 0 Å². The lowest BCUT2D eigenvalue weighted by molar-refractivity contribution is 0.268. The SMILES string of the molecule is CCNc1ncc2c(n1)N(C)CCN(Cc1cccc(OC)c1)C2. The predicted molar refractivity (Wildman–Crippen MR) is 96.6 cm³/mol. The van der Waals surface area contributed by atoms with Crippen LogP contribution in [0.2, 0.25) is 0 Å². The molecule has 2 heterocycles. The molecule has 0 spiro atoms.